The molecule has 0 aliphatic carbocycles. The smallest absolute Gasteiger partial charge is 0.234 e. The van der Waals surface area contributed by atoms with Crippen molar-refractivity contribution in [2.45, 2.75) is 6.54 Å². The van der Waals surface area contributed by atoms with Crippen molar-refractivity contribution in [3.63, 3.8) is 0 Å². The molecule has 150 valence electrons. The zero-order valence-corrected chi connectivity index (χ0v) is 16.5. The Morgan fingerprint density at radius 1 is 1.03 bits per heavy atom. The van der Waals surface area contributed by atoms with E-state index < -0.39 is 0 Å². The van der Waals surface area contributed by atoms with Crippen LogP contribution in [0.1, 0.15) is 5.56 Å². The molecule has 2 heterocycles. The monoisotopic (exact) mass is 391 g/mol. The topological polar surface area (TPSA) is 70.6 Å². The maximum atomic E-state index is 12.3. The van der Waals surface area contributed by atoms with Crippen LogP contribution in [0, 0.1) is 0 Å². The fourth-order valence-corrected chi connectivity index (χ4v) is 3.65. The number of methoxy groups -OCH3 is 1. The summed E-state index contributed by atoms with van der Waals surface area (Å²) in [5.74, 6) is 1.72. The number of fused-ring (bicyclic) bond motifs is 1. The molecule has 0 spiro atoms. The van der Waals surface area contributed by atoms with Gasteiger partial charge in [0.2, 0.25) is 5.91 Å². The normalized spacial score (nSPS) is 14.7. The first kappa shape index (κ1) is 19.1. The first-order valence-corrected chi connectivity index (χ1v) is 9.80. The van der Waals surface area contributed by atoms with Gasteiger partial charge in [-0.2, -0.15) is 0 Å². The Morgan fingerprint density at radius 3 is 2.59 bits per heavy atom. The SMILES string of the molecule is COc1cccc2ncnc(N3CCN(CC(=O)NCc4ccccc4)CC3)c12. The second-order valence-corrected chi connectivity index (χ2v) is 7.08. The van der Waals surface area contributed by atoms with Gasteiger partial charge in [0.15, 0.2) is 0 Å². The van der Waals surface area contributed by atoms with Crippen molar-refractivity contribution in [2.75, 3.05) is 44.7 Å². The Bertz CT molecular complexity index is 966. The maximum absolute atomic E-state index is 12.3. The largest absolute Gasteiger partial charge is 0.496 e. The summed E-state index contributed by atoms with van der Waals surface area (Å²) < 4.78 is 5.53. The van der Waals surface area contributed by atoms with E-state index in [1.165, 1.54) is 0 Å². The predicted octanol–water partition coefficient (Wildman–Crippen LogP) is 2.08. The van der Waals surface area contributed by atoms with Gasteiger partial charge in [-0.1, -0.05) is 36.4 Å². The number of hydrogen-bond donors (Lipinski definition) is 1. The van der Waals surface area contributed by atoms with Gasteiger partial charge in [-0.05, 0) is 17.7 Å². The molecule has 0 atom stereocenters. The predicted molar refractivity (Wildman–Crippen MR) is 113 cm³/mol. The summed E-state index contributed by atoms with van der Waals surface area (Å²) in [6.45, 7) is 4.19. The zero-order valence-electron chi connectivity index (χ0n) is 16.5. The first-order valence-electron chi connectivity index (χ1n) is 9.80. The highest BCUT2D eigenvalue weighted by Gasteiger charge is 2.22. The highest BCUT2D eigenvalue weighted by atomic mass is 16.5. The molecule has 0 bridgehead atoms. The standard InChI is InChI=1S/C22H25N5O2/c1-29-19-9-5-8-18-21(19)22(25-16-24-18)27-12-10-26(11-13-27)15-20(28)23-14-17-6-3-2-4-7-17/h2-9,16H,10-15H2,1H3,(H,23,28). The lowest BCUT2D eigenvalue weighted by atomic mass is 10.2. The minimum absolute atomic E-state index is 0.0523. The Labute approximate surface area is 170 Å². The fraction of sp³-hybridized carbons (Fsp3) is 0.318. The van der Waals surface area contributed by atoms with Gasteiger partial charge < -0.3 is 15.0 Å². The van der Waals surface area contributed by atoms with E-state index in [1.54, 1.807) is 13.4 Å². The molecule has 29 heavy (non-hydrogen) atoms. The summed E-state index contributed by atoms with van der Waals surface area (Å²) in [6, 6.07) is 15.8. The van der Waals surface area contributed by atoms with Crippen LogP contribution in [-0.2, 0) is 11.3 Å². The minimum atomic E-state index is 0.0523. The number of carbonyl (C=O) groups excluding carboxylic acids is 1. The average Bonchev–Trinajstić information content (AvgIpc) is 2.78. The number of ether oxygens (including phenoxy) is 1. The molecule has 4 rings (SSSR count). The number of benzene rings is 2. The van der Waals surface area contributed by atoms with Crippen LogP contribution in [0.5, 0.6) is 5.75 Å². The number of hydrogen-bond acceptors (Lipinski definition) is 6. The van der Waals surface area contributed by atoms with E-state index >= 15 is 0 Å². The van der Waals surface area contributed by atoms with Crippen LogP contribution in [0.3, 0.4) is 0 Å². The molecule has 7 heteroatoms. The van der Waals surface area contributed by atoms with Gasteiger partial charge >= 0.3 is 0 Å². The van der Waals surface area contributed by atoms with Crippen molar-refractivity contribution in [3.8, 4) is 5.75 Å². The van der Waals surface area contributed by atoms with E-state index in [9.17, 15) is 4.79 Å². The maximum Gasteiger partial charge on any atom is 0.234 e. The molecule has 1 amide bonds. The number of carbonyl (C=O) groups is 1. The molecule has 0 saturated carbocycles. The van der Waals surface area contributed by atoms with E-state index in [0.29, 0.717) is 13.1 Å². The lowest BCUT2D eigenvalue weighted by molar-refractivity contribution is -0.122. The van der Waals surface area contributed by atoms with Gasteiger partial charge in [-0.3, -0.25) is 9.69 Å². The third-order valence-corrected chi connectivity index (χ3v) is 5.20. The van der Waals surface area contributed by atoms with Gasteiger partial charge in [0.05, 0.1) is 24.6 Å². The molecular weight excluding hydrogens is 366 g/mol. The Hall–Kier alpha value is -3.19. The van der Waals surface area contributed by atoms with Crippen molar-refractivity contribution in [1.82, 2.24) is 20.2 Å². The zero-order chi connectivity index (χ0) is 20.1. The molecule has 1 N–H and O–H groups in total. The molecule has 2 aromatic carbocycles. The lowest BCUT2D eigenvalue weighted by Gasteiger charge is -2.35. The second kappa shape index (κ2) is 8.87. The van der Waals surface area contributed by atoms with Crippen LogP contribution in [0.4, 0.5) is 5.82 Å². The number of amides is 1. The summed E-state index contributed by atoms with van der Waals surface area (Å²) in [5, 5.41) is 3.93. The van der Waals surface area contributed by atoms with Gasteiger partial charge in [-0.25, -0.2) is 9.97 Å². The van der Waals surface area contributed by atoms with Gasteiger partial charge in [0, 0.05) is 32.7 Å². The van der Waals surface area contributed by atoms with Gasteiger partial charge in [0.25, 0.3) is 0 Å². The highest BCUT2D eigenvalue weighted by Crippen LogP contribution is 2.31. The van der Waals surface area contributed by atoms with Crippen molar-refractivity contribution in [1.29, 1.82) is 0 Å². The molecule has 1 aliphatic rings. The van der Waals surface area contributed by atoms with E-state index in [-0.39, 0.29) is 5.91 Å². The molecule has 1 aliphatic heterocycles. The van der Waals surface area contributed by atoms with Crippen LogP contribution in [-0.4, -0.2) is 60.6 Å². The molecule has 7 nitrogen and oxygen atoms in total. The number of nitrogens with one attached hydrogen (secondary N) is 1. The summed E-state index contributed by atoms with van der Waals surface area (Å²) in [4.78, 5) is 25.6. The number of anilines is 1. The molecule has 0 unspecified atom stereocenters. The molecule has 1 aromatic heterocycles. The quantitative estimate of drug-likeness (QED) is 0.694. The molecular formula is C22H25N5O2. The molecule has 1 fully saturated rings. The summed E-state index contributed by atoms with van der Waals surface area (Å²) in [7, 11) is 1.66. The van der Waals surface area contributed by atoms with Crippen molar-refractivity contribution in [2.24, 2.45) is 0 Å². The summed E-state index contributed by atoms with van der Waals surface area (Å²) in [6.07, 6.45) is 1.60. The highest BCUT2D eigenvalue weighted by molar-refractivity contribution is 5.94. The van der Waals surface area contributed by atoms with Crippen LogP contribution >= 0.6 is 0 Å². The Balaban J connectivity index is 1.35. The van der Waals surface area contributed by atoms with E-state index in [0.717, 1.165) is 54.2 Å². The van der Waals surface area contributed by atoms with Gasteiger partial charge in [-0.15, -0.1) is 0 Å². The average molecular weight is 391 g/mol. The lowest BCUT2D eigenvalue weighted by Crippen LogP contribution is -2.49. The van der Waals surface area contributed by atoms with Crippen LogP contribution < -0.4 is 15.0 Å². The first-order chi connectivity index (χ1) is 14.2. The van der Waals surface area contributed by atoms with E-state index in [2.05, 4.69) is 25.1 Å². The minimum Gasteiger partial charge on any atom is -0.496 e. The molecule has 3 aromatic rings. The van der Waals surface area contributed by atoms with Crippen LogP contribution in [0.25, 0.3) is 10.9 Å². The van der Waals surface area contributed by atoms with E-state index in [1.807, 2.05) is 48.5 Å². The van der Waals surface area contributed by atoms with Crippen LogP contribution in [0.2, 0.25) is 0 Å². The second-order valence-electron chi connectivity index (χ2n) is 7.08. The third kappa shape index (κ3) is 4.46. The molecule has 1 saturated heterocycles. The number of piperazine rings is 1. The van der Waals surface area contributed by atoms with Crippen molar-refractivity contribution < 1.29 is 9.53 Å². The summed E-state index contributed by atoms with van der Waals surface area (Å²) >= 11 is 0. The Morgan fingerprint density at radius 2 is 1.83 bits per heavy atom. The van der Waals surface area contributed by atoms with Crippen LogP contribution in [0.15, 0.2) is 54.9 Å². The summed E-state index contributed by atoms with van der Waals surface area (Å²) in [5.41, 5.74) is 1.98. The number of rotatable bonds is 6. The van der Waals surface area contributed by atoms with E-state index in [4.69, 9.17) is 4.74 Å². The molecule has 0 radical (unpaired) electrons. The fourth-order valence-electron chi connectivity index (χ4n) is 3.65. The van der Waals surface area contributed by atoms with Gasteiger partial charge in [0.1, 0.15) is 17.9 Å². The van der Waals surface area contributed by atoms with Crippen molar-refractivity contribution >= 4 is 22.6 Å². The Kier molecular flexibility index (Phi) is 5.86. The number of aromatic nitrogens is 2. The third-order valence-electron chi connectivity index (χ3n) is 5.20. The van der Waals surface area contributed by atoms with Crippen molar-refractivity contribution in [3.05, 3.63) is 60.4 Å². The number of nitrogens with zero attached hydrogens (tertiary/aromatic N) is 4.